The van der Waals surface area contributed by atoms with E-state index in [2.05, 4.69) is 15.1 Å². The maximum absolute atomic E-state index is 12.6. The smallest absolute Gasteiger partial charge is 0.336 e. The second-order valence-corrected chi connectivity index (χ2v) is 8.28. The number of benzene rings is 2. The van der Waals surface area contributed by atoms with Gasteiger partial charge in [0.1, 0.15) is 11.0 Å². The molecule has 2 aromatic carbocycles. The summed E-state index contributed by atoms with van der Waals surface area (Å²) in [7, 11) is 0. The normalized spacial score (nSPS) is 11.4. The number of nitrogens with zero attached hydrogens (tertiary/aromatic N) is 3. The van der Waals surface area contributed by atoms with E-state index in [-0.39, 0.29) is 5.56 Å². The minimum Gasteiger partial charge on any atom is -0.423 e. The van der Waals surface area contributed by atoms with Gasteiger partial charge >= 0.3 is 5.63 Å². The first-order valence-electron chi connectivity index (χ1n) is 9.70. The van der Waals surface area contributed by atoms with E-state index in [1.807, 2.05) is 56.3 Å². The second kappa shape index (κ2) is 7.55. The predicted molar refractivity (Wildman–Crippen MR) is 121 cm³/mol. The summed E-state index contributed by atoms with van der Waals surface area (Å²) in [6.07, 6.45) is 1.52. The van der Waals surface area contributed by atoms with Gasteiger partial charge in [-0.15, -0.1) is 0 Å². The molecule has 0 saturated carbocycles. The number of aromatic nitrogens is 4. The molecule has 8 heteroatoms. The fraction of sp³-hybridized carbons (Fsp3) is 0.130. The van der Waals surface area contributed by atoms with Gasteiger partial charge in [-0.25, -0.2) is 14.5 Å². The topological polar surface area (TPSA) is 93.8 Å². The molecule has 7 nitrogen and oxygen atoms in total. The van der Waals surface area contributed by atoms with Crippen molar-refractivity contribution >= 4 is 33.8 Å². The third-order valence-corrected chi connectivity index (χ3v) is 6.15. The van der Waals surface area contributed by atoms with Crippen LogP contribution < -0.4 is 11.2 Å². The highest BCUT2D eigenvalue weighted by Gasteiger charge is 2.13. The highest BCUT2D eigenvalue weighted by molar-refractivity contribution is 7.98. The standard InChI is InChI=1S/C23H18N4O3S/c1-13-8-17-15(10-20(28)30-19(17)9-14(13)2)12-31-23-25-21-18(22(29)26-23)11-24-27(21)16-6-4-3-5-7-16/h3-11H,12H2,1-2H3,(H,25,26,29). The summed E-state index contributed by atoms with van der Waals surface area (Å²) < 4.78 is 7.02. The Morgan fingerprint density at radius 1 is 1.03 bits per heavy atom. The zero-order valence-corrected chi connectivity index (χ0v) is 17.7. The summed E-state index contributed by atoms with van der Waals surface area (Å²) in [6.45, 7) is 4.00. The first kappa shape index (κ1) is 19.3. The van der Waals surface area contributed by atoms with E-state index >= 15 is 0 Å². The number of hydrogen-bond donors (Lipinski definition) is 1. The van der Waals surface area contributed by atoms with E-state index in [0.29, 0.717) is 27.5 Å². The van der Waals surface area contributed by atoms with E-state index < -0.39 is 5.63 Å². The summed E-state index contributed by atoms with van der Waals surface area (Å²) >= 11 is 1.36. The van der Waals surface area contributed by atoms with Crippen LogP contribution in [0.25, 0.3) is 27.7 Å². The molecular weight excluding hydrogens is 412 g/mol. The van der Waals surface area contributed by atoms with Crippen molar-refractivity contribution in [2.45, 2.75) is 24.8 Å². The van der Waals surface area contributed by atoms with Crippen LogP contribution in [-0.2, 0) is 5.75 Å². The Hall–Kier alpha value is -3.65. The molecular formula is C23H18N4O3S. The largest absolute Gasteiger partial charge is 0.423 e. The third kappa shape index (κ3) is 3.55. The molecule has 1 N–H and O–H groups in total. The number of hydrogen-bond acceptors (Lipinski definition) is 6. The van der Waals surface area contributed by atoms with Crippen LogP contribution in [0.1, 0.15) is 16.7 Å². The zero-order valence-electron chi connectivity index (χ0n) is 16.9. The number of nitrogens with one attached hydrogen (secondary N) is 1. The van der Waals surface area contributed by atoms with E-state index in [4.69, 9.17) is 4.42 Å². The summed E-state index contributed by atoms with van der Waals surface area (Å²) in [4.78, 5) is 32.1. The maximum Gasteiger partial charge on any atom is 0.336 e. The van der Waals surface area contributed by atoms with Gasteiger partial charge in [0, 0.05) is 17.2 Å². The van der Waals surface area contributed by atoms with Gasteiger partial charge in [-0.05, 0) is 54.8 Å². The van der Waals surface area contributed by atoms with E-state index in [1.54, 1.807) is 4.68 Å². The van der Waals surface area contributed by atoms with Gasteiger partial charge in [0.05, 0.1) is 11.9 Å². The zero-order chi connectivity index (χ0) is 21.5. The molecule has 0 amide bonds. The van der Waals surface area contributed by atoms with Gasteiger partial charge in [-0.1, -0.05) is 30.0 Å². The highest BCUT2D eigenvalue weighted by Crippen LogP contribution is 2.27. The van der Waals surface area contributed by atoms with Crippen LogP contribution in [0.5, 0.6) is 0 Å². The van der Waals surface area contributed by atoms with Crippen LogP contribution in [0.4, 0.5) is 0 Å². The van der Waals surface area contributed by atoms with E-state index in [9.17, 15) is 9.59 Å². The van der Waals surface area contributed by atoms with Gasteiger partial charge in [-0.2, -0.15) is 5.10 Å². The molecule has 3 aromatic heterocycles. The van der Waals surface area contributed by atoms with Gasteiger partial charge in [0.25, 0.3) is 5.56 Å². The van der Waals surface area contributed by atoms with Crippen molar-refractivity contribution in [1.82, 2.24) is 19.7 Å². The van der Waals surface area contributed by atoms with Gasteiger partial charge < -0.3 is 9.40 Å². The Labute approximate surface area is 180 Å². The van der Waals surface area contributed by atoms with Crippen LogP contribution in [0.2, 0.25) is 0 Å². The molecule has 3 heterocycles. The molecule has 5 rings (SSSR count). The third-order valence-electron chi connectivity index (χ3n) is 5.23. The van der Waals surface area contributed by atoms with Crippen molar-refractivity contribution in [1.29, 1.82) is 0 Å². The lowest BCUT2D eigenvalue weighted by Gasteiger charge is -2.08. The molecule has 31 heavy (non-hydrogen) atoms. The number of thioether (sulfide) groups is 1. The van der Waals surface area contributed by atoms with Gasteiger partial charge in [0.2, 0.25) is 0 Å². The summed E-state index contributed by atoms with van der Waals surface area (Å²) in [5.41, 5.74) is 4.23. The fourth-order valence-electron chi connectivity index (χ4n) is 3.47. The number of rotatable bonds is 4. The molecule has 0 aliphatic heterocycles. The van der Waals surface area contributed by atoms with Gasteiger partial charge in [0.15, 0.2) is 10.8 Å². The quantitative estimate of drug-likeness (QED) is 0.262. The molecule has 0 unspecified atom stereocenters. The lowest BCUT2D eigenvalue weighted by molar-refractivity contribution is 0.559. The van der Waals surface area contributed by atoms with Crippen molar-refractivity contribution < 1.29 is 4.42 Å². The fourth-order valence-corrected chi connectivity index (χ4v) is 4.32. The van der Waals surface area contributed by atoms with Crippen LogP contribution in [0, 0.1) is 13.8 Å². The minimum atomic E-state index is -0.398. The molecule has 5 aromatic rings. The van der Waals surface area contributed by atoms with Crippen LogP contribution in [0.15, 0.2) is 73.9 Å². The molecule has 0 radical (unpaired) electrons. The summed E-state index contributed by atoms with van der Waals surface area (Å²) in [6, 6.07) is 14.9. The van der Waals surface area contributed by atoms with Crippen molar-refractivity contribution in [3.63, 3.8) is 0 Å². The molecule has 0 aliphatic rings. The van der Waals surface area contributed by atoms with Crippen LogP contribution >= 0.6 is 11.8 Å². The number of H-pyrrole nitrogens is 1. The molecule has 0 aliphatic carbocycles. The first-order valence-corrected chi connectivity index (χ1v) is 10.7. The lowest BCUT2D eigenvalue weighted by Crippen LogP contribution is -2.10. The average molecular weight is 430 g/mol. The Morgan fingerprint density at radius 3 is 2.61 bits per heavy atom. The maximum atomic E-state index is 12.6. The Morgan fingerprint density at radius 2 is 1.81 bits per heavy atom. The van der Waals surface area contributed by atoms with Crippen molar-refractivity contribution in [3.8, 4) is 5.69 Å². The SMILES string of the molecule is Cc1cc2oc(=O)cc(CSc3nc4c(cnn4-c4ccccc4)c(=O)[nH]3)c2cc1C. The van der Waals surface area contributed by atoms with Crippen LogP contribution in [-0.4, -0.2) is 19.7 Å². The lowest BCUT2D eigenvalue weighted by atomic mass is 10.0. The number of fused-ring (bicyclic) bond motifs is 2. The number of aromatic amines is 1. The Kier molecular flexibility index (Phi) is 4.71. The second-order valence-electron chi connectivity index (χ2n) is 7.31. The Bertz CT molecular complexity index is 1550. The average Bonchev–Trinajstić information content (AvgIpc) is 3.18. The number of aryl methyl sites for hydroxylation is 2. The van der Waals surface area contributed by atoms with Crippen molar-refractivity contribution in [3.05, 3.63) is 92.2 Å². The van der Waals surface area contributed by atoms with Crippen molar-refractivity contribution in [2.75, 3.05) is 0 Å². The first-order chi connectivity index (χ1) is 15.0. The Balaban J connectivity index is 1.54. The molecule has 0 atom stereocenters. The highest BCUT2D eigenvalue weighted by atomic mass is 32.2. The van der Waals surface area contributed by atoms with E-state index in [0.717, 1.165) is 27.8 Å². The monoisotopic (exact) mass is 430 g/mol. The molecule has 0 bridgehead atoms. The minimum absolute atomic E-state index is 0.251. The van der Waals surface area contributed by atoms with Crippen molar-refractivity contribution in [2.24, 2.45) is 0 Å². The van der Waals surface area contributed by atoms with Gasteiger partial charge in [-0.3, -0.25) is 4.79 Å². The number of para-hydroxylation sites is 1. The molecule has 154 valence electrons. The summed E-state index contributed by atoms with van der Waals surface area (Å²) in [5, 5.41) is 6.09. The molecule has 0 saturated heterocycles. The van der Waals surface area contributed by atoms with Crippen LogP contribution in [0.3, 0.4) is 0 Å². The van der Waals surface area contributed by atoms with E-state index in [1.165, 1.54) is 24.0 Å². The summed E-state index contributed by atoms with van der Waals surface area (Å²) in [5.74, 6) is 0.457. The predicted octanol–water partition coefficient (Wildman–Crippen LogP) is 4.12. The molecule has 0 spiro atoms. The molecule has 0 fully saturated rings.